The summed E-state index contributed by atoms with van der Waals surface area (Å²) in [6.07, 6.45) is 13.5. The highest BCUT2D eigenvalue weighted by Gasteiger charge is 2.68. The highest BCUT2D eigenvalue weighted by Crippen LogP contribution is 2.75. The maximum absolute atomic E-state index is 12.9. The monoisotopic (exact) mass is 453 g/mol. The van der Waals surface area contributed by atoms with Gasteiger partial charge in [-0.25, -0.2) is 0 Å². The molecular formula is C30H47NO2. The van der Waals surface area contributed by atoms with Crippen LogP contribution in [0.2, 0.25) is 0 Å². The molecule has 5 aliphatic rings. The zero-order valence-corrected chi connectivity index (χ0v) is 22.3. The van der Waals surface area contributed by atoms with Gasteiger partial charge in [-0.05, 0) is 97.2 Å². The summed E-state index contributed by atoms with van der Waals surface area (Å²) >= 11 is 0. The number of allylic oxidation sites excluding steroid dienone is 2. The highest BCUT2D eigenvalue weighted by molar-refractivity contribution is 5.85. The van der Waals surface area contributed by atoms with E-state index in [-0.39, 0.29) is 33.0 Å². The lowest BCUT2D eigenvalue weighted by Crippen LogP contribution is -2.64. The Labute approximate surface area is 201 Å². The fraction of sp³-hybridized carbons (Fsp3) is 0.867. The Morgan fingerprint density at radius 1 is 0.909 bits per heavy atom. The second-order valence-corrected chi connectivity index (χ2v) is 14.8. The highest BCUT2D eigenvalue weighted by atomic mass is 16.1. The number of amides is 1. The lowest BCUT2D eigenvalue weighted by molar-refractivity contribution is -0.184. The maximum atomic E-state index is 12.9. The van der Waals surface area contributed by atoms with E-state index in [2.05, 4.69) is 54.5 Å². The molecule has 0 heterocycles. The van der Waals surface area contributed by atoms with Gasteiger partial charge >= 0.3 is 0 Å². The van der Waals surface area contributed by atoms with Gasteiger partial charge in [0.2, 0.25) is 5.91 Å². The summed E-state index contributed by atoms with van der Waals surface area (Å²) in [7, 11) is 0. The van der Waals surface area contributed by atoms with Gasteiger partial charge in [-0.2, -0.15) is 0 Å². The molecular weight excluding hydrogens is 406 g/mol. The predicted octanol–water partition coefficient (Wildman–Crippen LogP) is 6.84. The van der Waals surface area contributed by atoms with Crippen LogP contribution >= 0.6 is 0 Å². The summed E-state index contributed by atoms with van der Waals surface area (Å²) in [5, 5.41) is 0. The second kappa shape index (κ2) is 6.76. The Morgan fingerprint density at radius 3 is 2.24 bits per heavy atom. The predicted molar refractivity (Wildman–Crippen MR) is 133 cm³/mol. The van der Waals surface area contributed by atoms with E-state index in [9.17, 15) is 9.59 Å². The van der Waals surface area contributed by atoms with Gasteiger partial charge in [0, 0.05) is 17.3 Å². The lowest BCUT2D eigenvalue weighted by atomic mass is 9.33. The molecule has 3 nitrogen and oxygen atoms in total. The van der Waals surface area contributed by atoms with Gasteiger partial charge in [0.25, 0.3) is 0 Å². The summed E-state index contributed by atoms with van der Waals surface area (Å²) in [5.41, 5.74) is 7.98. The second-order valence-electron chi connectivity index (χ2n) is 14.8. The van der Waals surface area contributed by atoms with E-state index in [0.29, 0.717) is 29.0 Å². The molecule has 0 unspecified atom stereocenters. The average Bonchev–Trinajstić information content (AvgIpc) is 2.73. The first-order valence-corrected chi connectivity index (χ1v) is 13.7. The Balaban J connectivity index is 1.58. The van der Waals surface area contributed by atoms with Gasteiger partial charge in [0.15, 0.2) is 0 Å². The maximum Gasteiger partial charge on any atom is 0.223 e. The van der Waals surface area contributed by atoms with E-state index in [1.165, 1.54) is 25.7 Å². The van der Waals surface area contributed by atoms with Crippen molar-refractivity contribution in [3.05, 3.63) is 11.6 Å². The first-order chi connectivity index (χ1) is 15.1. The normalized spacial score (nSPS) is 53.1. The number of hydrogen-bond acceptors (Lipinski definition) is 2. The molecule has 184 valence electrons. The van der Waals surface area contributed by atoms with E-state index < -0.39 is 0 Å². The van der Waals surface area contributed by atoms with Gasteiger partial charge in [-0.3, -0.25) is 9.59 Å². The van der Waals surface area contributed by atoms with E-state index in [1.807, 2.05) is 0 Å². The fourth-order valence-corrected chi connectivity index (χ4v) is 10.4. The lowest BCUT2D eigenvalue weighted by Gasteiger charge is -2.70. The number of rotatable bonds is 1. The SMILES string of the molecule is CC1(C)C(=O)CC[C@]2(C)[C@H]3CC=C4[C@@H]5C[C@](C)(C(N)=O)CC[C@]5(C)CC[C@@]4(C)[C@]3(C)CC[C@@H]12. The molecule has 3 heteroatoms. The van der Waals surface area contributed by atoms with Crippen molar-refractivity contribution in [2.75, 3.05) is 0 Å². The Hall–Kier alpha value is -1.12. The zero-order chi connectivity index (χ0) is 24.2. The van der Waals surface area contributed by atoms with Gasteiger partial charge < -0.3 is 5.73 Å². The van der Waals surface area contributed by atoms with E-state index in [1.54, 1.807) is 5.57 Å². The average molecular weight is 454 g/mol. The summed E-state index contributed by atoms with van der Waals surface area (Å²) < 4.78 is 0. The van der Waals surface area contributed by atoms with Gasteiger partial charge in [-0.1, -0.05) is 60.1 Å². The molecule has 0 spiro atoms. The number of ketones is 1. The first-order valence-electron chi connectivity index (χ1n) is 13.7. The van der Waals surface area contributed by atoms with Crippen molar-refractivity contribution in [3.63, 3.8) is 0 Å². The number of primary amides is 1. The minimum atomic E-state index is -0.377. The van der Waals surface area contributed by atoms with Crippen molar-refractivity contribution in [2.45, 2.75) is 113 Å². The Kier molecular flexibility index (Phi) is 4.83. The topological polar surface area (TPSA) is 60.2 Å². The standard InChI is InChI=1S/C30H47NO2/c1-25(2)21-10-13-30(7)22(28(21,5)12-11-23(25)32)9-8-19-20-18-27(4,24(31)33)15-14-26(20,3)16-17-29(19,30)6/h8,20-22H,9-18H2,1-7H3,(H2,31,33)/t20-,21-,22+,26+,27+,28-,29+,30+/m0/s1. The molecule has 0 saturated heterocycles. The molecule has 0 radical (unpaired) electrons. The number of carbonyl (C=O) groups is 2. The van der Waals surface area contributed by atoms with Crippen LogP contribution in [-0.2, 0) is 9.59 Å². The van der Waals surface area contributed by atoms with E-state index >= 15 is 0 Å². The molecule has 2 N–H and O–H groups in total. The van der Waals surface area contributed by atoms with E-state index in [0.717, 1.165) is 38.5 Å². The molecule has 33 heavy (non-hydrogen) atoms. The van der Waals surface area contributed by atoms with Crippen molar-refractivity contribution in [1.82, 2.24) is 0 Å². The van der Waals surface area contributed by atoms with Crippen LogP contribution in [0.4, 0.5) is 0 Å². The summed E-state index contributed by atoms with van der Waals surface area (Å²) in [6, 6.07) is 0. The largest absolute Gasteiger partial charge is 0.369 e. The smallest absolute Gasteiger partial charge is 0.223 e. The number of carbonyl (C=O) groups excluding carboxylic acids is 2. The third-order valence-corrected chi connectivity index (χ3v) is 13.2. The molecule has 0 aromatic rings. The third kappa shape index (κ3) is 2.80. The quantitative estimate of drug-likeness (QED) is 0.442. The molecule has 4 saturated carbocycles. The Bertz CT molecular complexity index is 934. The van der Waals surface area contributed by atoms with Crippen LogP contribution in [0, 0.1) is 50.2 Å². The van der Waals surface area contributed by atoms with Crippen LogP contribution in [0.3, 0.4) is 0 Å². The van der Waals surface area contributed by atoms with Crippen molar-refractivity contribution in [2.24, 2.45) is 56.0 Å². The van der Waals surface area contributed by atoms with Crippen molar-refractivity contribution < 1.29 is 9.59 Å². The van der Waals surface area contributed by atoms with Crippen LogP contribution in [-0.4, -0.2) is 11.7 Å². The Morgan fingerprint density at radius 2 is 1.58 bits per heavy atom. The zero-order valence-electron chi connectivity index (χ0n) is 22.3. The van der Waals surface area contributed by atoms with Crippen LogP contribution in [0.1, 0.15) is 113 Å². The molecule has 0 aromatic heterocycles. The molecule has 5 rings (SSSR count). The molecule has 1 amide bonds. The van der Waals surface area contributed by atoms with Crippen molar-refractivity contribution >= 4 is 11.7 Å². The van der Waals surface area contributed by atoms with Gasteiger partial charge in [0.1, 0.15) is 5.78 Å². The summed E-state index contributed by atoms with van der Waals surface area (Å²) in [4.78, 5) is 25.4. The summed E-state index contributed by atoms with van der Waals surface area (Å²) in [5.74, 6) is 1.95. The number of Topliss-reactive ketones (excluding diaryl/α,β-unsaturated/α-hetero) is 1. The summed E-state index contributed by atoms with van der Waals surface area (Å²) in [6.45, 7) is 16.8. The minimum absolute atomic E-state index is 0.112. The van der Waals surface area contributed by atoms with Gasteiger partial charge in [-0.15, -0.1) is 0 Å². The van der Waals surface area contributed by atoms with Crippen LogP contribution < -0.4 is 5.73 Å². The van der Waals surface area contributed by atoms with Gasteiger partial charge in [0.05, 0.1) is 0 Å². The first kappa shape index (κ1) is 23.6. The fourth-order valence-electron chi connectivity index (χ4n) is 10.4. The van der Waals surface area contributed by atoms with Crippen molar-refractivity contribution in [1.29, 1.82) is 0 Å². The minimum Gasteiger partial charge on any atom is -0.369 e. The molecule has 4 fully saturated rings. The molecule has 0 bridgehead atoms. The van der Waals surface area contributed by atoms with Crippen LogP contribution in [0.25, 0.3) is 0 Å². The molecule has 5 aliphatic carbocycles. The van der Waals surface area contributed by atoms with Crippen LogP contribution in [0.5, 0.6) is 0 Å². The molecule has 0 aromatic carbocycles. The van der Waals surface area contributed by atoms with Crippen molar-refractivity contribution in [3.8, 4) is 0 Å². The number of nitrogens with two attached hydrogens (primary N) is 1. The van der Waals surface area contributed by atoms with Crippen LogP contribution in [0.15, 0.2) is 11.6 Å². The molecule has 0 aliphatic heterocycles. The number of hydrogen-bond donors (Lipinski definition) is 1. The third-order valence-electron chi connectivity index (χ3n) is 13.2. The van der Waals surface area contributed by atoms with E-state index in [4.69, 9.17) is 5.73 Å². The number of fused-ring (bicyclic) bond motifs is 7. The molecule has 8 atom stereocenters.